The van der Waals surface area contributed by atoms with Gasteiger partial charge in [-0.25, -0.2) is 0 Å². The van der Waals surface area contributed by atoms with E-state index in [0.29, 0.717) is 0 Å². The number of likely N-dealkylation sites (tertiary alicyclic amines) is 1. The zero-order valence-corrected chi connectivity index (χ0v) is 16.6. The van der Waals surface area contributed by atoms with E-state index in [1.54, 1.807) is 12.0 Å². The van der Waals surface area contributed by atoms with Gasteiger partial charge in [0.05, 0.1) is 19.7 Å². The number of aromatic nitrogens is 3. The quantitative estimate of drug-likeness (QED) is 0.838. The Morgan fingerprint density at radius 3 is 2.65 bits per heavy atom. The number of hydrogen-bond donors (Lipinski definition) is 1. The summed E-state index contributed by atoms with van der Waals surface area (Å²) < 4.78 is 10.1. The molecule has 0 radical (unpaired) electrons. The SMILES string of the molecule is COc1ccc(-c2nn(C[NH+]3CCC[C@@H]4CCCC[C@@H]43)c(=S)n2C)cc1. The van der Waals surface area contributed by atoms with Gasteiger partial charge in [0.25, 0.3) is 0 Å². The number of piperidine rings is 1. The van der Waals surface area contributed by atoms with Gasteiger partial charge in [-0.15, -0.1) is 5.10 Å². The van der Waals surface area contributed by atoms with E-state index in [1.807, 2.05) is 40.6 Å². The standard InChI is InChI=1S/C20H28N4OS/c1-22-19(16-9-11-17(25-2)12-10-16)21-24(20(22)26)14-23-13-5-7-15-6-3-4-8-18(15)23/h9-12,15,18H,3-8,13-14H2,1-2H3/p+1/t15-,18-/m0/s1. The summed E-state index contributed by atoms with van der Waals surface area (Å²) in [7, 11) is 3.70. The van der Waals surface area contributed by atoms with Crippen molar-refractivity contribution in [1.82, 2.24) is 14.3 Å². The Morgan fingerprint density at radius 1 is 1.15 bits per heavy atom. The van der Waals surface area contributed by atoms with Crippen molar-refractivity contribution in [3.05, 3.63) is 29.0 Å². The van der Waals surface area contributed by atoms with Crippen LogP contribution in [0.2, 0.25) is 0 Å². The highest BCUT2D eigenvalue weighted by molar-refractivity contribution is 7.71. The predicted molar refractivity (Wildman–Crippen MR) is 105 cm³/mol. The summed E-state index contributed by atoms with van der Waals surface area (Å²) in [6.45, 7) is 2.14. The van der Waals surface area contributed by atoms with Crippen molar-refractivity contribution in [2.45, 2.75) is 51.2 Å². The molecular weight excluding hydrogens is 344 g/mol. The monoisotopic (exact) mass is 373 g/mol. The van der Waals surface area contributed by atoms with Crippen LogP contribution in [0.25, 0.3) is 11.4 Å². The average Bonchev–Trinajstić information content (AvgIpc) is 2.97. The fraction of sp³-hybridized carbons (Fsp3) is 0.600. The van der Waals surface area contributed by atoms with Gasteiger partial charge in [0.15, 0.2) is 12.5 Å². The lowest BCUT2D eigenvalue weighted by atomic mass is 9.78. The van der Waals surface area contributed by atoms with E-state index in [2.05, 4.69) is 0 Å². The number of ether oxygens (including phenoxy) is 1. The average molecular weight is 374 g/mol. The van der Waals surface area contributed by atoms with Gasteiger partial charge in [-0.2, -0.15) is 4.68 Å². The van der Waals surface area contributed by atoms with Gasteiger partial charge < -0.3 is 14.2 Å². The molecule has 0 amide bonds. The first-order chi connectivity index (χ1) is 12.7. The Bertz CT molecular complexity index is 808. The van der Waals surface area contributed by atoms with Crippen molar-refractivity contribution < 1.29 is 9.64 Å². The number of fused-ring (bicyclic) bond motifs is 1. The molecular formula is C20H29N4OS+. The Hall–Kier alpha value is -1.66. The van der Waals surface area contributed by atoms with Gasteiger partial charge in [-0.3, -0.25) is 0 Å². The highest BCUT2D eigenvalue weighted by atomic mass is 32.1. The number of quaternary nitrogens is 1. The van der Waals surface area contributed by atoms with Crippen LogP contribution in [-0.4, -0.2) is 34.0 Å². The second-order valence-corrected chi connectivity index (χ2v) is 8.12. The molecule has 2 aliphatic rings. The van der Waals surface area contributed by atoms with Crippen molar-refractivity contribution in [1.29, 1.82) is 0 Å². The minimum Gasteiger partial charge on any atom is -0.497 e. The summed E-state index contributed by atoms with van der Waals surface area (Å²) in [4.78, 5) is 1.68. The molecule has 0 bridgehead atoms. The summed E-state index contributed by atoms with van der Waals surface area (Å²) in [5.74, 6) is 2.69. The van der Waals surface area contributed by atoms with E-state index in [-0.39, 0.29) is 0 Å². The lowest BCUT2D eigenvalue weighted by Gasteiger charge is -2.40. The topological polar surface area (TPSA) is 36.4 Å². The fourth-order valence-electron chi connectivity index (χ4n) is 4.84. The van der Waals surface area contributed by atoms with Gasteiger partial charge in [0.1, 0.15) is 5.75 Å². The molecule has 2 heterocycles. The fourth-order valence-corrected chi connectivity index (χ4v) is 5.03. The zero-order chi connectivity index (χ0) is 18.1. The normalized spacial score (nSPS) is 25.7. The third-order valence-corrected chi connectivity index (χ3v) is 6.73. The van der Waals surface area contributed by atoms with E-state index in [1.165, 1.54) is 45.1 Å². The second-order valence-electron chi connectivity index (χ2n) is 7.75. The van der Waals surface area contributed by atoms with E-state index in [0.717, 1.165) is 40.5 Å². The summed E-state index contributed by atoms with van der Waals surface area (Å²) >= 11 is 5.70. The molecule has 1 aliphatic carbocycles. The van der Waals surface area contributed by atoms with Gasteiger partial charge in [-0.1, -0.05) is 6.42 Å². The molecule has 1 saturated heterocycles. The van der Waals surface area contributed by atoms with Crippen LogP contribution in [0.4, 0.5) is 0 Å². The molecule has 26 heavy (non-hydrogen) atoms. The van der Waals surface area contributed by atoms with Crippen LogP contribution in [-0.2, 0) is 13.7 Å². The first-order valence-electron chi connectivity index (χ1n) is 9.80. The Kier molecular flexibility index (Phi) is 5.14. The van der Waals surface area contributed by atoms with Crippen LogP contribution >= 0.6 is 12.2 Å². The molecule has 4 rings (SSSR count). The minimum atomic E-state index is 0.797. The van der Waals surface area contributed by atoms with Gasteiger partial charge in [0, 0.05) is 18.5 Å². The number of rotatable bonds is 4. The predicted octanol–water partition coefficient (Wildman–Crippen LogP) is 2.82. The Labute approximate surface area is 160 Å². The molecule has 1 N–H and O–H groups in total. The molecule has 1 aliphatic heterocycles. The highest BCUT2D eigenvalue weighted by Gasteiger charge is 2.36. The van der Waals surface area contributed by atoms with Crippen LogP contribution < -0.4 is 9.64 Å². The molecule has 2 fully saturated rings. The molecule has 5 nitrogen and oxygen atoms in total. The molecule has 1 aromatic heterocycles. The van der Waals surface area contributed by atoms with Crippen molar-refractivity contribution in [3.8, 4) is 17.1 Å². The first-order valence-corrected chi connectivity index (χ1v) is 10.2. The minimum absolute atomic E-state index is 0.797. The second kappa shape index (κ2) is 7.53. The van der Waals surface area contributed by atoms with Crippen molar-refractivity contribution in [2.75, 3.05) is 13.7 Å². The zero-order valence-electron chi connectivity index (χ0n) is 15.8. The summed E-state index contributed by atoms with van der Waals surface area (Å²) in [5.41, 5.74) is 1.07. The summed E-state index contributed by atoms with van der Waals surface area (Å²) in [6.07, 6.45) is 8.33. The van der Waals surface area contributed by atoms with Crippen molar-refractivity contribution in [3.63, 3.8) is 0 Å². The first kappa shape index (κ1) is 17.7. The number of hydrogen-bond acceptors (Lipinski definition) is 3. The molecule has 1 aromatic carbocycles. The molecule has 1 unspecified atom stereocenters. The summed E-state index contributed by atoms with van der Waals surface area (Å²) in [6, 6.07) is 8.83. The summed E-state index contributed by atoms with van der Waals surface area (Å²) in [5, 5.41) is 4.88. The molecule has 0 spiro atoms. The maximum Gasteiger partial charge on any atom is 0.202 e. The number of nitrogens with one attached hydrogen (secondary N) is 1. The van der Waals surface area contributed by atoms with Gasteiger partial charge in [0.2, 0.25) is 4.77 Å². The van der Waals surface area contributed by atoms with Crippen LogP contribution in [0.15, 0.2) is 24.3 Å². The van der Waals surface area contributed by atoms with Gasteiger partial charge >= 0.3 is 0 Å². The smallest absolute Gasteiger partial charge is 0.202 e. The van der Waals surface area contributed by atoms with Crippen LogP contribution in [0.5, 0.6) is 5.75 Å². The van der Waals surface area contributed by atoms with E-state index in [4.69, 9.17) is 22.1 Å². The third kappa shape index (κ3) is 3.32. The van der Waals surface area contributed by atoms with Gasteiger partial charge in [-0.05, 0) is 68.6 Å². The van der Waals surface area contributed by atoms with Crippen molar-refractivity contribution >= 4 is 12.2 Å². The maximum absolute atomic E-state index is 5.70. The molecule has 2 aromatic rings. The van der Waals surface area contributed by atoms with Crippen LogP contribution in [0, 0.1) is 10.7 Å². The van der Waals surface area contributed by atoms with E-state index in [9.17, 15) is 0 Å². The Morgan fingerprint density at radius 2 is 1.88 bits per heavy atom. The molecule has 1 saturated carbocycles. The molecule has 140 valence electrons. The number of nitrogens with zero attached hydrogens (tertiary/aromatic N) is 3. The highest BCUT2D eigenvalue weighted by Crippen LogP contribution is 2.28. The molecule has 6 heteroatoms. The molecule has 3 atom stereocenters. The van der Waals surface area contributed by atoms with Crippen molar-refractivity contribution in [2.24, 2.45) is 13.0 Å². The van der Waals surface area contributed by atoms with Crippen LogP contribution in [0.1, 0.15) is 38.5 Å². The van der Waals surface area contributed by atoms with E-state index < -0.39 is 0 Å². The third-order valence-electron chi connectivity index (χ3n) is 6.25. The lowest BCUT2D eigenvalue weighted by molar-refractivity contribution is -0.958. The van der Waals surface area contributed by atoms with Crippen LogP contribution in [0.3, 0.4) is 0 Å². The Balaban J connectivity index is 1.58. The lowest BCUT2D eigenvalue weighted by Crippen LogP contribution is -3.17. The number of methoxy groups -OCH3 is 1. The largest absolute Gasteiger partial charge is 0.497 e. The number of benzene rings is 1. The van der Waals surface area contributed by atoms with E-state index >= 15 is 0 Å². The maximum atomic E-state index is 5.70.